The second-order valence-electron chi connectivity index (χ2n) is 7.47. The summed E-state index contributed by atoms with van der Waals surface area (Å²) >= 11 is 0. The number of rotatable bonds is 5. The summed E-state index contributed by atoms with van der Waals surface area (Å²) in [4.78, 5) is 17.2. The zero-order chi connectivity index (χ0) is 19.3. The third-order valence-electron chi connectivity index (χ3n) is 5.54. The number of benzene rings is 3. The maximum absolute atomic E-state index is 13.1. The summed E-state index contributed by atoms with van der Waals surface area (Å²) in [7, 11) is 2.04. The van der Waals surface area contributed by atoms with Crippen LogP contribution in [0.2, 0.25) is 0 Å². The van der Waals surface area contributed by atoms with Crippen LogP contribution in [0.5, 0.6) is 0 Å². The fourth-order valence-corrected chi connectivity index (χ4v) is 4.09. The van der Waals surface area contributed by atoms with E-state index < -0.39 is 0 Å². The van der Waals surface area contributed by atoms with Crippen molar-refractivity contribution in [3.05, 3.63) is 107 Å². The zero-order valence-electron chi connectivity index (χ0n) is 16.3. The number of carbonyl (C=O) groups is 1. The van der Waals surface area contributed by atoms with E-state index in [0.717, 1.165) is 13.0 Å². The van der Waals surface area contributed by atoms with Crippen LogP contribution < -0.4 is 0 Å². The van der Waals surface area contributed by atoms with Gasteiger partial charge < -0.3 is 4.90 Å². The summed E-state index contributed by atoms with van der Waals surface area (Å²) in [5, 5.41) is 0. The third kappa shape index (κ3) is 4.00. The van der Waals surface area contributed by atoms with Gasteiger partial charge in [0.25, 0.3) is 0 Å². The first-order chi connectivity index (χ1) is 13.7. The van der Waals surface area contributed by atoms with E-state index in [1.165, 1.54) is 22.3 Å². The Labute approximate surface area is 167 Å². The molecule has 1 amide bonds. The lowest BCUT2D eigenvalue weighted by molar-refractivity contribution is -0.133. The molecule has 142 valence electrons. The smallest absolute Gasteiger partial charge is 0.237 e. The average molecular weight is 370 g/mol. The lowest BCUT2D eigenvalue weighted by atomic mass is 9.97. The van der Waals surface area contributed by atoms with Gasteiger partial charge in [-0.15, -0.1) is 0 Å². The number of hydrogen-bond acceptors (Lipinski definition) is 2. The Kier molecular flexibility index (Phi) is 5.54. The van der Waals surface area contributed by atoms with Crippen LogP contribution in [-0.4, -0.2) is 35.8 Å². The molecule has 0 unspecified atom stereocenters. The maximum Gasteiger partial charge on any atom is 0.237 e. The molecule has 0 fully saturated rings. The summed E-state index contributed by atoms with van der Waals surface area (Å²) in [6.07, 6.45) is 0.937. The largest absolute Gasteiger partial charge is 0.337 e. The standard InChI is InChI=1S/C25H26N2O/c1-26(19-24(28)27-17-16-20-10-8-9-15-23(20)18-27)25(21-11-4-2-5-12-21)22-13-6-3-7-14-22/h2-15,25H,16-19H2,1H3. The van der Waals surface area contributed by atoms with Gasteiger partial charge in [-0.1, -0.05) is 84.9 Å². The molecule has 0 bridgehead atoms. The van der Waals surface area contributed by atoms with Crippen molar-refractivity contribution in [2.24, 2.45) is 0 Å². The highest BCUT2D eigenvalue weighted by molar-refractivity contribution is 5.78. The first kappa shape index (κ1) is 18.5. The van der Waals surface area contributed by atoms with Crippen LogP contribution in [0.25, 0.3) is 0 Å². The fourth-order valence-electron chi connectivity index (χ4n) is 4.09. The van der Waals surface area contributed by atoms with Crippen LogP contribution in [0.4, 0.5) is 0 Å². The van der Waals surface area contributed by atoms with Gasteiger partial charge in [0.05, 0.1) is 12.6 Å². The van der Waals surface area contributed by atoms with Crippen LogP contribution in [0.1, 0.15) is 28.3 Å². The highest BCUT2D eigenvalue weighted by Gasteiger charge is 2.25. The minimum atomic E-state index is 0.0587. The van der Waals surface area contributed by atoms with Crippen molar-refractivity contribution in [1.82, 2.24) is 9.80 Å². The summed E-state index contributed by atoms with van der Waals surface area (Å²) < 4.78 is 0. The molecular weight excluding hydrogens is 344 g/mol. The molecule has 0 aliphatic carbocycles. The molecule has 1 heterocycles. The van der Waals surface area contributed by atoms with Crippen LogP contribution in [0.15, 0.2) is 84.9 Å². The second-order valence-corrected chi connectivity index (χ2v) is 7.47. The van der Waals surface area contributed by atoms with Crippen LogP contribution in [0, 0.1) is 0 Å². The van der Waals surface area contributed by atoms with Crippen molar-refractivity contribution >= 4 is 5.91 Å². The summed E-state index contributed by atoms with van der Waals surface area (Å²) in [6, 6.07) is 29.3. The van der Waals surface area contributed by atoms with Gasteiger partial charge in [-0.05, 0) is 35.7 Å². The van der Waals surface area contributed by atoms with Gasteiger partial charge in [-0.3, -0.25) is 9.69 Å². The molecule has 0 spiro atoms. The number of nitrogens with zero attached hydrogens (tertiary/aromatic N) is 2. The summed E-state index contributed by atoms with van der Waals surface area (Å²) in [6.45, 7) is 1.91. The quantitative estimate of drug-likeness (QED) is 0.669. The molecule has 3 heteroatoms. The van der Waals surface area contributed by atoms with E-state index in [0.29, 0.717) is 13.1 Å². The van der Waals surface area contributed by atoms with Gasteiger partial charge in [0.1, 0.15) is 0 Å². The van der Waals surface area contributed by atoms with E-state index in [1.54, 1.807) is 0 Å². The van der Waals surface area contributed by atoms with Crippen molar-refractivity contribution in [1.29, 1.82) is 0 Å². The van der Waals surface area contributed by atoms with E-state index in [1.807, 2.05) is 24.1 Å². The molecule has 0 saturated carbocycles. The van der Waals surface area contributed by atoms with Gasteiger partial charge in [-0.25, -0.2) is 0 Å². The monoisotopic (exact) mass is 370 g/mol. The Morgan fingerprint density at radius 2 is 1.39 bits per heavy atom. The molecule has 1 aliphatic rings. The summed E-state index contributed by atoms with van der Waals surface area (Å²) in [5.41, 5.74) is 5.04. The Bertz CT molecular complexity index is 884. The van der Waals surface area contributed by atoms with Gasteiger partial charge in [0.15, 0.2) is 0 Å². The Morgan fingerprint density at radius 1 is 0.857 bits per heavy atom. The molecule has 3 aromatic carbocycles. The number of hydrogen-bond donors (Lipinski definition) is 0. The first-order valence-corrected chi connectivity index (χ1v) is 9.87. The summed E-state index contributed by atoms with van der Waals surface area (Å²) in [5.74, 6) is 0.189. The number of likely N-dealkylation sites (N-methyl/N-ethyl adjacent to an activating group) is 1. The van der Waals surface area contributed by atoms with Crippen molar-refractivity contribution in [3.8, 4) is 0 Å². The predicted molar refractivity (Wildman–Crippen MR) is 113 cm³/mol. The molecule has 0 aromatic heterocycles. The second kappa shape index (κ2) is 8.41. The van der Waals surface area contributed by atoms with E-state index in [-0.39, 0.29) is 11.9 Å². The highest BCUT2D eigenvalue weighted by atomic mass is 16.2. The molecule has 1 aliphatic heterocycles. The highest BCUT2D eigenvalue weighted by Crippen LogP contribution is 2.27. The predicted octanol–water partition coefficient (Wildman–Crippen LogP) is 4.29. The van der Waals surface area contributed by atoms with Gasteiger partial charge >= 0.3 is 0 Å². The zero-order valence-corrected chi connectivity index (χ0v) is 16.3. The topological polar surface area (TPSA) is 23.6 Å². The van der Waals surface area contributed by atoms with E-state index in [9.17, 15) is 4.79 Å². The fraction of sp³-hybridized carbons (Fsp3) is 0.240. The molecule has 3 nitrogen and oxygen atoms in total. The SMILES string of the molecule is CN(CC(=O)N1CCc2ccccc2C1)C(c1ccccc1)c1ccccc1. The molecule has 0 atom stereocenters. The Balaban J connectivity index is 1.52. The van der Waals surface area contributed by atoms with Crippen molar-refractivity contribution in [3.63, 3.8) is 0 Å². The van der Waals surface area contributed by atoms with Gasteiger partial charge in [0.2, 0.25) is 5.91 Å². The van der Waals surface area contributed by atoms with E-state index >= 15 is 0 Å². The molecule has 4 rings (SSSR count). The van der Waals surface area contributed by atoms with Gasteiger partial charge in [-0.2, -0.15) is 0 Å². The normalized spacial score (nSPS) is 13.6. The van der Waals surface area contributed by atoms with E-state index in [4.69, 9.17) is 0 Å². The molecule has 0 saturated heterocycles. The molecular formula is C25H26N2O. The van der Waals surface area contributed by atoms with Crippen LogP contribution >= 0.6 is 0 Å². The lowest BCUT2D eigenvalue weighted by Gasteiger charge is -2.33. The Morgan fingerprint density at radius 3 is 2.00 bits per heavy atom. The van der Waals surface area contributed by atoms with Crippen molar-refractivity contribution < 1.29 is 4.79 Å². The first-order valence-electron chi connectivity index (χ1n) is 9.87. The molecule has 3 aromatic rings. The maximum atomic E-state index is 13.1. The molecule has 0 N–H and O–H groups in total. The average Bonchev–Trinajstić information content (AvgIpc) is 2.75. The minimum absolute atomic E-state index is 0.0587. The Hall–Kier alpha value is -2.91. The van der Waals surface area contributed by atoms with Crippen LogP contribution in [0.3, 0.4) is 0 Å². The van der Waals surface area contributed by atoms with Crippen molar-refractivity contribution in [2.45, 2.75) is 19.0 Å². The number of amides is 1. The molecule has 0 radical (unpaired) electrons. The number of fused-ring (bicyclic) bond motifs is 1. The molecule has 28 heavy (non-hydrogen) atoms. The lowest BCUT2D eigenvalue weighted by Crippen LogP contribution is -2.42. The van der Waals surface area contributed by atoms with Crippen molar-refractivity contribution in [2.75, 3.05) is 20.1 Å². The van der Waals surface area contributed by atoms with Gasteiger partial charge in [0, 0.05) is 13.1 Å². The van der Waals surface area contributed by atoms with E-state index in [2.05, 4.69) is 77.7 Å². The number of carbonyl (C=O) groups excluding carboxylic acids is 1. The minimum Gasteiger partial charge on any atom is -0.337 e. The third-order valence-corrected chi connectivity index (χ3v) is 5.54. The van der Waals surface area contributed by atoms with Crippen LogP contribution in [-0.2, 0) is 17.8 Å².